The molecule has 2 saturated heterocycles. The first kappa shape index (κ1) is 28.1. The van der Waals surface area contributed by atoms with Crippen LogP contribution in [0.4, 0.5) is 27.8 Å². The Morgan fingerprint density at radius 1 is 1.21 bits per heavy atom. The summed E-state index contributed by atoms with van der Waals surface area (Å²) in [5.74, 6) is 0.949. The molecule has 13 nitrogen and oxygen atoms in total. The fourth-order valence-corrected chi connectivity index (χ4v) is 4.59. The molecule has 2 aliphatic rings. The van der Waals surface area contributed by atoms with Crippen LogP contribution in [0.15, 0.2) is 24.4 Å². The highest BCUT2D eigenvalue weighted by Crippen LogP contribution is 2.40. The number of nitro groups is 1. The van der Waals surface area contributed by atoms with E-state index in [1.807, 2.05) is 25.7 Å². The Labute approximate surface area is 228 Å². The number of benzene rings is 1. The number of hydrogen-bond donors (Lipinski definition) is 1. The van der Waals surface area contributed by atoms with Gasteiger partial charge in [-0.05, 0) is 47.7 Å². The smallest absolute Gasteiger partial charge is 0.410 e. The second-order valence-corrected chi connectivity index (χ2v) is 10.9. The number of anilines is 3. The van der Waals surface area contributed by atoms with Crippen LogP contribution in [0.3, 0.4) is 0 Å². The molecule has 1 aromatic heterocycles. The van der Waals surface area contributed by atoms with Crippen molar-refractivity contribution in [3.05, 3.63) is 34.5 Å². The highest BCUT2D eigenvalue weighted by molar-refractivity contribution is 5.77. The Kier molecular flexibility index (Phi) is 8.28. The lowest BCUT2D eigenvalue weighted by Crippen LogP contribution is -2.57. The van der Waals surface area contributed by atoms with Gasteiger partial charge in [-0.25, -0.2) is 9.78 Å². The normalized spacial score (nSPS) is 16.6. The van der Waals surface area contributed by atoms with Crippen molar-refractivity contribution in [1.82, 2.24) is 19.8 Å². The zero-order valence-corrected chi connectivity index (χ0v) is 23.3. The van der Waals surface area contributed by atoms with Crippen LogP contribution in [-0.4, -0.2) is 95.9 Å². The lowest BCUT2D eigenvalue weighted by atomic mass is 10.0. The number of nitrogens with one attached hydrogen (secondary N) is 1. The fourth-order valence-electron chi connectivity index (χ4n) is 4.59. The fraction of sp³-hybridized carbons (Fsp3) is 0.577. The van der Waals surface area contributed by atoms with E-state index < -0.39 is 5.60 Å². The summed E-state index contributed by atoms with van der Waals surface area (Å²) in [6, 6.07) is 5.21. The SMILES string of the molecule is COc1cc(N2CCC(N(C)C)CC2)c([N+](=O)[O-])cc1Nc1nccc(OC2CN(C(=O)OC(C)(C)C)C2)n1. The first-order valence-corrected chi connectivity index (χ1v) is 13.0. The molecule has 0 saturated carbocycles. The first-order chi connectivity index (χ1) is 18.4. The van der Waals surface area contributed by atoms with Gasteiger partial charge >= 0.3 is 6.09 Å². The third-order valence-electron chi connectivity index (χ3n) is 6.69. The topological polar surface area (TPSA) is 135 Å². The summed E-state index contributed by atoms with van der Waals surface area (Å²) in [6.45, 7) is 7.66. The lowest BCUT2D eigenvalue weighted by Gasteiger charge is -2.39. The van der Waals surface area contributed by atoms with Crippen molar-refractivity contribution in [1.29, 1.82) is 0 Å². The van der Waals surface area contributed by atoms with E-state index in [1.165, 1.54) is 19.4 Å². The number of nitro benzene ring substituents is 1. The Bertz CT molecular complexity index is 1190. The monoisotopic (exact) mass is 543 g/mol. The van der Waals surface area contributed by atoms with E-state index >= 15 is 0 Å². The van der Waals surface area contributed by atoms with E-state index in [-0.39, 0.29) is 28.8 Å². The van der Waals surface area contributed by atoms with Crippen molar-refractivity contribution in [2.75, 3.05) is 57.6 Å². The second kappa shape index (κ2) is 11.5. The molecule has 212 valence electrons. The molecule has 3 heterocycles. The number of carbonyl (C=O) groups excluding carboxylic acids is 1. The van der Waals surface area contributed by atoms with E-state index in [2.05, 4.69) is 34.3 Å². The number of rotatable bonds is 8. The molecule has 0 atom stereocenters. The summed E-state index contributed by atoms with van der Waals surface area (Å²) in [5.41, 5.74) is 0.309. The lowest BCUT2D eigenvalue weighted by molar-refractivity contribution is -0.384. The summed E-state index contributed by atoms with van der Waals surface area (Å²) >= 11 is 0. The van der Waals surface area contributed by atoms with Crippen molar-refractivity contribution in [2.45, 2.75) is 51.4 Å². The van der Waals surface area contributed by atoms with Crippen molar-refractivity contribution in [3.8, 4) is 11.6 Å². The highest BCUT2D eigenvalue weighted by Gasteiger charge is 2.35. The van der Waals surface area contributed by atoms with E-state index in [1.54, 1.807) is 17.0 Å². The van der Waals surface area contributed by atoms with Crippen LogP contribution in [-0.2, 0) is 4.74 Å². The Morgan fingerprint density at radius 3 is 2.49 bits per heavy atom. The maximum Gasteiger partial charge on any atom is 0.410 e. The van der Waals surface area contributed by atoms with Crippen molar-refractivity contribution in [2.24, 2.45) is 0 Å². The van der Waals surface area contributed by atoms with Crippen LogP contribution in [0.2, 0.25) is 0 Å². The summed E-state index contributed by atoms with van der Waals surface area (Å²) in [5, 5.41) is 15.1. The molecule has 0 radical (unpaired) electrons. The van der Waals surface area contributed by atoms with Gasteiger partial charge in [0.25, 0.3) is 5.69 Å². The second-order valence-electron chi connectivity index (χ2n) is 10.9. The zero-order valence-electron chi connectivity index (χ0n) is 23.3. The summed E-state index contributed by atoms with van der Waals surface area (Å²) in [6.07, 6.45) is 2.75. The van der Waals surface area contributed by atoms with Crippen LogP contribution >= 0.6 is 0 Å². The van der Waals surface area contributed by atoms with Crippen LogP contribution in [0.25, 0.3) is 0 Å². The van der Waals surface area contributed by atoms with Gasteiger partial charge in [0.1, 0.15) is 23.1 Å². The number of piperidine rings is 1. The maximum atomic E-state index is 12.1. The van der Waals surface area contributed by atoms with Crippen LogP contribution in [0, 0.1) is 10.1 Å². The molecule has 1 amide bonds. The third kappa shape index (κ3) is 6.96. The van der Waals surface area contributed by atoms with Crippen LogP contribution in [0.1, 0.15) is 33.6 Å². The largest absolute Gasteiger partial charge is 0.494 e. The maximum absolute atomic E-state index is 12.1. The molecule has 1 aromatic carbocycles. The van der Waals surface area contributed by atoms with Crippen molar-refractivity contribution >= 4 is 29.1 Å². The van der Waals surface area contributed by atoms with Crippen LogP contribution in [0.5, 0.6) is 11.6 Å². The molecule has 13 heteroatoms. The number of carbonyl (C=O) groups is 1. The van der Waals surface area contributed by atoms with Gasteiger partial charge in [0.2, 0.25) is 11.8 Å². The number of hydrogen-bond acceptors (Lipinski definition) is 11. The molecular formula is C26H37N7O6. The number of amides is 1. The van der Waals surface area contributed by atoms with E-state index in [9.17, 15) is 14.9 Å². The van der Waals surface area contributed by atoms with Crippen molar-refractivity contribution < 1.29 is 23.9 Å². The minimum absolute atomic E-state index is 0.0225. The molecule has 0 unspecified atom stereocenters. The molecular weight excluding hydrogens is 506 g/mol. The molecule has 39 heavy (non-hydrogen) atoms. The van der Waals surface area contributed by atoms with Gasteiger partial charge in [-0.15, -0.1) is 0 Å². The van der Waals surface area contributed by atoms with Crippen molar-refractivity contribution in [3.63, 3.8) is 0 Å². The van der Waals surface area contributed by atoms with Gasteiger partial charge in [0.05, 0.1) is 30.8 Å². The van der Waals surface area contributed by atoms with E-state index in [0.29, 0.717) is 55.2 Å². The molecule has 0 spiro atoms. The van der Waals surface area contributed by atoms with E-state index in [0.717, 1.165) is 12.8 Å². The average Bonchev–Trinajstić information content (AvgIpc) is 2.84. The summed E-state index contributed by atoms with van der Waals surface area (Å²) in [7, 11) is 5.63. The predicted octanol–water partition coefficient (Wildman–Crippen LogP) is 3.67. The number of ether oxygens (including phenoxy) is 3. The Balaban J connectivity index is 1.44. The zero-order chi connectivity index (χ0) is 28.3. The Morgan fingerprint density at radius 2 is 1.90 bits per heavy atom. The quantitative estimate of drug-likeness (QED) is 0.386. The molecule has 2 fully saturated rings. The molecule has 0 bridgehead atoms. The molecule has 2 aromatic rings. The standard InChI is InChI=1S/C26H37N7O6/c1-26(2,3)39-25(34)32-15-18(16-32)38-23-7-10-27-24(29-23)28-19-13-21(33(35)36)20(14-22(19)37-6)31-11-8-17(9-12-31)30(4)5/h7,10,13-14,17-18H,8-9,11-12,15-16H2,1-6H3,(H,27,28,29). The predicted molar refractivity (Wildman–Crippen MR) is 146 cm³/mol. The Hall–Kier alpha value is -3.87. The first-order valence-electron chi connectivity index (χ1n) is 13.0. The van der Waals surface area contributed by atoms with Gasteiger partial charge < -0.3 is 34.2 Å². The summed E-state index contributed by atoms with van der Waals surface area (Å²) in [4.78, 5) is 38.2. The van der Waals surface area contributed by atoms with Gasteiger partial charge in [-0.1, -0.05) is 0 Å². The minimum Gasteiger partial charge on any atom is -0.494 e. The number of nitrogens with zero attached hydrogens (tertiary/aromatic N) is 6. The molecule has 2 aliphatic heterocycles. The average molecular weight is 544 g/mol. The van der Waals surface area contributed by atoms with Gasteiger partial charge in [0, 0.05) is 43.5 Å². The molecule has 1 N–H and O–H groups in total. The summed E-state index contributed by atoms with van der Waals surface area (Å²) < 4.78 is 16.8. The highest BCUT2D eigenvalue weighted by atomic mass is 16.6. The molecule has 0 aliphatic carbocycles. The van der Waals surface area contributed by atoms with Gasteiger partial charge in [0.15, 0.2) is 0 Å². The molecule has 4 rings (SSSR count). The van der Waals surface area contributed by atoms with Gasteiger partial charge in [-0.3, -0.25) is 10.1 Å². The number of aromatic nitrogens is 2. The van der Waals surface area contributed by atoms with E-state index in [4.69, 9.17) is 14.2 Å². The number of methoxy groups -OCH3 is 1. The van der Waals surface area contributed by atoms with Crippen LogP contribution < -0.4 is 19.7 Å². The van der Waals surface area contributed by atoms with Gasteiger partial charge in [-0.2, -0.15) is 4.98 Å². The number of likely N-dealkylation sites (tertiary alicyclic amines) is 1. The third-order valence-corrected chi connectivity index (χ3v) is 6.69. The minimum atomic E-state index is -0.562.